The van der Waals surface area contributed by atoms with Gasteiger partial charge in [-0.05, 0) is 12.8 Å². The molecule has 0 radical (unpaired) electrons. The molecule has 6 heteroatoms. The van der Waals surface area contributed by atoms with Crippen LogP contribution in [0.4, 0.5) is 0 Å². The molecular weight excluding hydrogens is 346 g/mol. The average molecular weight is 374 g/mol. The fraction of sp³-hybridized carbons (Fsp3) is 0.500. The predicted octanol–water partition coefficient (Wildman–Crippen LogP) is 3.21. The summed E-state index contributed by atoms with van der Waals surface area (Å²) in [6.45, 7) is 10.5. The van der Waals surface area contributed by atoms with Gasteiger partial charge in [-0.25, -0.2) is 4.98 Å². The van der Waals surface area contributed by atoms with E-state index >= 15 is 0 Å². The summed E-state index contributed by atoms with van der Waals surface area (Å²) in [5.41, 5.74) is 1.73. The van der Waals surface area contributed by atoms with Gasteiger partial charge in [0.1, 0.15) is 4.88 Å². The van der Waals surface area contributed by atoms with Gasteiger partial charge in [-0.1, -0.05) is 44.2 Å². The van der Waals surface area contributed by atoms with Crippen molar-refractivity contribution in [3.05, 3.63) is 40.2 Å². The molecule has 0 unspecified atom stereocenters. The van der Waals surface area contributed by atoms with Gasteiger partial charge in [-0.15, -0.1) is 11.3 Å². The SMILES string of the molecule is Cc1nc(-c2ccccc2)c(C(=O)NC[C@H]2CN(CC(C)C)CCO2)s1. The molecule has 0 spiro atoms. The van der Waals surface area contributed by atoms with Crippen LogP contribution < -0.4 is 5.32 Å². The fourth-order valence-electron chi connectivity index (χ4n) is 3.25. The zero-order valence-electron chi connectivity index (χ0n) is 15.7. The number of benzene rings is 1. The molecule has 3 rings (SSSR count). The number of aromatic nitrogens is 1. The van der Waals surface area contributed by atoms with Gasteiger partial charge in [-0.2, -0.15) is 0 Å². The summed E-state index contributed by atoms with van der Waals surface area (Å²) in [7, 11) is 0. The van der Waals surface area contributed by atoms with Crippen molar-refractivity contribution in [2.75, 3.05) is 32.8 Å². The first kappa shape index (κ1) is 19.0. The van der Waals surface area contributed by atoms with Crippen molar-refractivity contribution in [2.24, 2.45) is 5.92 Å². The number of nitrogens with zero attached hydrogens (tertiary/aromatic N) is 2. The number of rotatable bonds is 6. The van der Waals surface area contributed by atoms with Crippen molar-refractivity contribution < 1.29 is 9.53 Å². The molecule has 1 aliphatic heterocycles. The first-order valence-electron chi connectivity index (χ1n) is 9.18. The van der Waals surface area contributed by atoms with E-state index in [0.29, 0.717) is 17.3 Å². The van der Waals surface area contributed by atoms with Crippen LogP contribution in [0.5, 0.6) is 0 Å². The van der Waals surface area contributed by atoms with E-state index in [0.717, 1.165) is 42.5 Å². The van der Waals surface area contributed by atoms with Crippen molar-refractivity contribution in [3.63, 3.8) is 0 Å². The molecule has 1 aromatic carbocycles. The highest BCUT2D eigenvalue weighted by Crippen LogP contribution is 2.27. The van der Waals surface area contributed by atoms with Gasteiger partial charge >= 0.3 is 0 Å². The lowest BCUT2D eigenvalue weighted by Gasteiger charge is -2.33. The lowest BCUT2D eigenvalue weighted by molar-refractivity contribution is -0.0295. The normalized spacial score (nSPS) is 18.2. The summed E-state index contributed by atoms with van der Waals surface area (Å²) in [4.78, 5) is 20.4. The zero-order chi connectivity index (χ0) is 18.5. The molecule has 140 valence electrons. The van der Waals surface area contributed by atoms with Gasteiger partial charge in [0.25, 0.3) is 5.91 Å². The molecule has 1 fully saturated rings. The fourth-order valence-corrected chi connectivity index (χ4v) is 4.10. The van der Waals surface area contributed by atoms with E-state index < -0.39 is 0 Å². The summed E-state index contributed by atoms with van der Waals surface area (Å²) in [6, 6.07) is 9.86. The minimum atomic E-state index is -0.0703. The van der Waals surface area contributed by atoms with Gasteiger partial charge in [0, 0.05) is 31.7 Å². The maximum absolute atomic E-state index is 12.7. The molecule has 1 aliphatic rings. The monoisotopic (exact) mass is 373 g/mol. The van der Waals surface area contributed by atoms with E-state index in [-0.39, 0.29) is 12.0 Å². The largest absolute Gasteiger partial charge is 0.374 e. The molecule has 26 heavy (non-hydrogen) atoms. The van der Waals surface area contributed by atoms with Gasteiger partial charge in [0.15, 0.2) is 0 Å². The van der Waals surface area contributed by atoms with Gasteiger partial charge in [0.05, 0.1) is 23.4 Å². The highest BCUT2D eigenvalue weighted by molar-refractivity contribution is 7.14. The van der Waals surface area contributed by atoms with Crippen molar-refractivity contribution in [1.29, 1.82) is 0 Å². The molecule has 1 N–H and O–H groups in total. The van der Waals surface area contributed by atoms with Crippen LogP contribution in [0.25, 0.3) is 11.3 Å². The topological polar surface area (TPSA) is 54.5 Å². The van der Waals surface area contributed by atoms with Crippen LogP contribution in [-0.4, -0.2) is 54.7 Å². The van der Waals surface area contributed by atoms with Gasteiger partial charge < -0.3 is 10.1 Å². The Morgan fingerprint density at radius 3 is 2.88 bits per heavy atom. The van der Waals surface area contributed by atoms with Crippen LogP contribution in [0, 0.1) is 12.8 Å². The first-order chi connectivity index (χ1) is 12.5. The summed E-state index contributed by atoms with van der Waals surface area (Å²) in [5.74, 6) is 0.566. The average Bonchev–Trinajstić information content (AvgIpc) is 3.02. The van der Waals surface area contributed by atoms with E-state index in [2.05, 4.69) is 29.0 Å². The van der Waals surface area contributed by atoms with E-state index in [1.807, 2.05) is 37.3 Å². The van der Waals surface area contributed by atoms with Crippen LogP contribution >= 0.6 is 11.3 Å². The second-order valence-corrected chi connectivity index (χ2v) is 8.34. The summed E-state index contributed by atoms with van der Waals surface area (Å²) in [6.07, 6.45) is 0.0423. The number of thiazole rings is 1. The van der Waals surface area contributed by atoms with Crippen LogP contribution in [0.1, 0.15) is 28.5 Å². The number of carbonyl (C=O) groups excluding carboxylic acids is 1. The van der Waals surface area contributed by atoms with Crippen LogP contribution in [-0.2, 0) is 4.74 Å². The smallest absolute Gasteiger partial charge is 0.263 e. The number of hydrogen-bond acceptors (Lipinski definition) is 5. The second kappa shape index (κ2) is 8.75. The number of ether oxygens (including phenoxy) is 1. The molecule has 0 aliphatic carbocycles. The second-order valence-electron chi connectivity index (χ2n) is 7.13. The van der Waals surface area contributed by atoms with E-state index in [1.165, 1.54) is 11.3 Å². The van der Waals surface area contributed by atoms with Gasteiger partial charge in [-0.3, -0.25) is 9.69 Å². The minimum Gasteiger partial charge on any atom is -0.374 e. The molecule has 1 atom stereocenters. The molecule has 5 nitrogen and oxygen atoms in total. The molecular formula is C20H27N3O2S. The molecule has 0 bridgehead atoms. The van der Waals surface area contributed by atoms with E-state index in [4.69, 9.17) is 4.74 Å². The predicted molar refractivity (Wildman–Crippen MR) is 106 cm³/mol. The summed E-state index contributed by atoms with van der Waals surface area (Å²) >= 11 is 1.44. The first-order valence-corrected chi connectivity index (χ1v) is 9.99. The van der Waals surface area contributed by atoms with Crippen molar-refractivity contribution >= 4 is 17.2 Å². The Morgan fingerprint density at radius 2 is 2.15 bits per heavy atom. The standard InChI is InChI=1S/C20H27N3O2S/c1-14(2)12-23-9-10-25-17(13-23)11-21-20(24)19-18(22-15(3)26-19)16-7-5-4-6-8-16/h4-8,14,17H,9-13H2,1-3H3,(H,21,24)/t17-/m0/s1. The molecule has 1 aromatic heterocycles. The Labute approximate surface area is 159 Å². The minimum absolute atomic E-state index is 0.0423. The third-order valence-corrected chi connectivity index (χ3v) is 5.29. The highest BCUT2D eigenvalue weighted by atomic mass is 32.1. The highest BCUT2D eigenvalue weighted by Gasteiger charge is 2.23. The third kappa shape index (κ3) is 4.90. The number of nitrogens with one attached hydrogen (secondary N) is 1. The Hall–Kier alpha value is -1.76. The Kier molecular flexibility index (Phi) is 6.40. The zero-order valence-corrected chi connectivity index (χ0v) is 16.5. The van der Waals surface area contributed by atoms with Crippen molar-refractivity contribution in [3.8, 4) is 11.3 Å². The lowest BCUT2D eigenvalue weighted by Crippen LogP contribution is -2.48. The van der Waals surface area contributed by atoms with Crippen LogP contribution in [0.2, 0.25) is 0 Å². The molecule has 1 amide bonds. The number of hydrogen-bond donors (Lipinski definition) is 1. The Bertz CT molecular complexity index is 730. The molecule has 2 aromatic rings. The number of morpholine rings is 1. The van der Waals surface area contributed by atoms with Crippen LogP contribution in [0.3, 0.4) is 0 Å². The maximum atomic E-state index is 12.7. The Morgan fingerprint density at radius 1 is 1.38 bits per heavy atom. The van der Waals surface area contributed by atoms with Crippen LogP contribution in [0.15, 0.2) is 30.3 Å². The number of carbonyl (C=O) groups is 1. The van der Waals surface area contributed by atoms with E-state index in [9.17, 15) is 4.79 Å². The quantitative estimate of drug-likeness (QED) is 0.845. The molecule has 0 saturated carbocycles. The van der Waals surface area contributed by atoms with Gasteiger partial charge in [0.2, 0.25) is 0 Å². The van der Waals surface area contributed by atoms with Crippen molar-refractivity contribution in [1.82, 2.24) is 15.2 Å². The third-order valence-electron chi connectivity index (χ3n) is 4.32. The summed E-state index contributed by atoms with van der Waals surface area (Å²) in [5, 5.41) is 3.94. The number of aryl methyl sites for hydroxylation is 1. The molecule has 1 saturated heterocycles. The van der Waals surface area contributed by atoms with Crippen molar-refractivity contribution in [2.45, 2.75) is 26.9 Å². The Balaban J connectivity index is 1.62. The maximum Gasteiger partial charge on any atom is 0.263 e. The van der Waals surface area contributed by atoms with E-state index in [1.54, 1.807) is 0 Å². The number of amides is 1. The summed E-state index contributed by atoms with van der Waals surface area (Å²) < 4.78 is 5.83. The molecule has 2 heterocycles. The lowest BCUT2D eigenvalue weighted by atomic mass is 10.1.